The summed E-state index contributed by atoms with van der Waals surface area (Å²) >= 11 is 1.61. The van der Waals surface area contributed by atoms with Crippen LogP contribution in [0.3, 0.4) is 0 Å². The number of hydrogen-bond donors (Lipinski definition) is 0. The molecule has 1 atom stereocenters. The van der Waals surface area contributed by atoms with E-state index in [9.17, 15) is 4.79 Å². The lowest BCUT2D eigenvalue weighted by atomic mass is 10.2. The number of nitrogens with zero attached hydrogens (tertiary/aromatic N) is 3. The van der Waals surface area contributed by atoms with E-state index in [1.807, 2.05) is 21.7 Å². The first kappa shape index (κ1) is 14.8. The Hall–Kier alpha value is -2.15. The smallest absolute Gasteiger partial charge is 0.233 e. The summed E-state index contributed by atoms with van der Waals surface area (Å²) < 4.78 is 10.7. The van der Waals surface area contributed by atoms with Crippen molar-refractivity contribution in [2.75, 3.05) is 20.2 Å². The van der Waals surface area contributed by atoms with E-state index < -0.39 is 0 Å². The minimum atomic E-state index is -0.0332. The zero-order chi connectivity index (χ0) is 15.4. The van der Waals surface area contributed by atoms with Crippen molar-refractivity contribution in [3.05, 3.63) is 34.5 Å². The standard InChI is InChI=1S/C15H17N3O3S/c1-20-13-2-3-14(17-16-13)21-12-4-6-18(9-12)15(19)8-11-5-7-22-10-11/h2-3,5,7,10,12H,4,6,8-9H2,1H3/t12-/m1/s1. The third-order valence-electron chi connectivity index (χ3n) is 3.55. The van der Waals surface area contributed by atoms with E-state index in [0.29, 0.717) is 24.7 Å². The lowest BCUT2D eigenvalue weighted by Crippen LogP contribution is -2.32. The summed E-state index contributed by atoms with van der Waals surface area (Å²) in [7, 11) is 1.54. The molecule has 116 valence electrons. The van der Waals surface area contributed by atoms with Gasteiger partial charge in [0.2, 0.25) is 17.7 Å². The predicted octanol–water partition coefficient (Wildman–Crippen LogP) is 1.77. The van der Waals surface area contributed by atoms with Gasteiger partial charge >= 0.3 is 0 Å². The summed E-state index contributed by atoms with van der Waals surface area (Å²) in [5.41, 5.74) is 1.07. The number of ether oxygens (including phenoxy) is 2. The second-order valence-electron chi connectivity index (χ2n) is 5.09. The van der Waals surface area contributed by atoms with Gasteiger partial charge < -0.3 is 14.4 Å². The molecule has 0 radical (unpaired) electrons. The van der Waals surface area contributed by atoms with Crippen LogP contribution < -0.4 is 9.47 Å². The van der Waals surface area contributed by atoms with Gasteiger partial charge in [-0.3, -0.25) is 4.79 Å². The highest BCUT2D eigenvalue weighted by Crippen LogP contribution is 2.18. The number of methoxy groups -OCH3 is 1. The number of carbonyl (C=O) groups excluding carboxylic acids is 1. The summed E-state index contributed by atoms with van der Waals surface area (Å²) in [6.45, 7) is 1.31. The highest BCUT2D eigenvalue weighted by atomic mass is 32.1. The average Bonchev–Trinajstić information content (AvgIpc) is 3.20. The van der Waals surface area contributed by atoms with Crippen molar-refractivity contribution in [2.45, 2.75) is 18.9 Å². The van der Waals surface area contributed by atoms with Crippen LogP contribution in [-0.4, -0.2) is 47.3 Å². The molecule has 0 unspecified atom stereocenters. The molecule has 6 nitrogen and oxygen atoms in total. The van der Waals surface area contributed by atoms with Gasteiger partial charge in [-0.05, 0) is 22.4 Å². The van der Waals surface area contributed by atoms with Crippen LogP contribution in [-0.2, 0) is 11.2 Å². The number of aromatic nitrogens is 2. The second-order valence-corrected chi connectivity index (χ2v) is 5.87. The maximum absolute atomic E-state index is 12.2. The van der Waals surface area contributed by atoms with E-state index in [1.54, 1.807) is 30.6 Å². The first-order valence-corrected chi connectivity index (χ1v) is 8.02. The van der Waals surface area contributed by atoms with Gasteiger partial charge in [0.05, 0.1) is 20.1 Å². The van der Waals surface area contributed by atoms with Crippen LogP contribution in [0.25, 0.3) is 0 Å². The fourth-order valence-electron chi connectivity index (χ4n) is 2.38. The maximum atomic E-state index is 12.2. The molecule has 3 heterocycles. The van der Waals surface area contributed by atoms with Crippen molar-refractivity contribution >= 4 is 17.2 Å². The molecule has 0 aliphatic carbocycles. The maximum Gasteiger partial charge on any atom is 0.233 e. The Bertz CT molecular complexity index is 615. The third kappa shape index (κ3) is 3.54. The molecule has 1 amide bonds. The molecule has 2 aromatic rings. The number of amides is 1. The fraction of sp³-hybridized carbons (Fsp3) is 0.400. The Balaban J connectivity index is 1.52. The molecule has 0 N–H and O–H groups in total. The Kier molecular flexibility index (Phi) is 4.53. The summed E-state index contributed by atoms with van der Waals surface area (Å²) in [6, 6.07) is 5.41. The SMILES string of the molecule is COc1ccc(O[C@@H]2CCN(C(=O)Cc3ccsc3)C2)nn1. The summed E-state index contributed by atoms with van der Waals surface area (Å²) in [6.07, 6.45) is 1.23. The van der Waals surface area contributed by atoms with Gasteiger partial charge in [0.1, 0.15) is 6.10 Å². The molecule has 1 aliphatic heterocycles. The molecular weight excluding hydrogens is 302 g/mol. The van der Waals surface area contributed by atoms with Crippen LogP contribution in [0, 0.1) is 0 Å². The lowest BCUT2D eigenvalue weighted by Gasteiger charge is -2.16. The average molecular weight is 319 g/mol. The Morgan fingerprint density at radius 2 is 2.18 bits per heavy atom. The first-order chi connectivity index (χ1) is 10.7. The van der Waals surface area contributed by atoms with Crippen LogP contribution in [0.2, 0.25) is 0 Å². The Morgan fingerprint density at radius 1 is 1.36 bits per heavy atom. The molecule has 0 bridgehead atoms. The molecule has 22 heavy (non-hydrogen) atoms. The highest BCUT2D eigenvalue weighted by molar-refractivity contribution is 7.07. The molecule has 0 aromatic carbocycles. The number of hydrogen-bond acceptors (Lipinski definition) is 6. The van der Waals surface area contributed by atoms with E-state index in [2.05, 4.69) is 10.2 Å². The van der Waals surface area contributed by atoms with E-state index in [4.69, 9.17) is 9.47 Å². The minimum absolute atomic E-state index is 0.0332. The Labute approximate surface area is 132 Å². The number of likely N-dealkylation sites (tertiary alicyclic amines) is 1. The van der Waals surface area contributed by atoms with Crippen molar-refractivity contribution in [1.82, 2.24) is 15.1 Å². The quantitative estimate of drug-likeness (QED) is 0.840. The van der Waals surface area contributed by atoms with Gasteiger partial charge in [-0.25, -0.2) is 0 Å². The van der Waals surface area contributed by atoms with Crippen LogP contribution in [0.15, 0.2) is 29.0 Å². The summed E-state index contributed by atoms with van der Waals surface area (Å²) in [5, 5.41) is 11.8. The molecule has 1 fully saturated rings. The van der Waals surface area contributed by atoms with Crippen molar-refractivity contribution in [1.29, 1.82) is 0 Å². The summed E-state index contributed by atoms with van der Waals surface area (Å²) in [5.74, 6) is 1.05. The van der Waals surface area contributed by atoms with Crippen LogP contribution in [0.1, 0.15) is 12.0 Å². The van der Waals surface area contributed by atoms with Gasteiger partial charge in [-0.1, -0.05) is 0 Å². The predicted molar refractivity (Wildman–Crippen MR) is 82.2 cm³/mol. The Morgan fingerprint density at radius 3 is 2.86 bits per heavy atom. The molecule has 3 rings (SSSR count). The van der Waals surface area contributed by atoms with Gasteiger partial charge in [0, 0.05) is 25.1 Å². The van der Waals surface area contributed by atoms with Gasteiger partial charge in [0.15, 0.2) is 0 Å². The minimum Gasteiger partial charge on any atom is -0.480 e. The first-order valence-electron chi connectivity index (χ1n) is 7.08. The van der Waals surface area contributed by atoms with E-state index >= 15 is 0 Å². The number of rotatable bonds is 5. The number of carbonyl (C=O) groups is 1. The zero-order valence-corrected chi connectivity index (χ0v) is 13.1. The molecule has 1 saturated heterocycles. The van der Waals surface area contributed by atoms with Crippen LogP contribution in [0.5, 0.6) is 11.8 Å². The zero-order valence-electron chi connectivity index (χ0n) is 12.3. The monoisotopic (exact) mass is 319 g/mol. The largest absolute Gasteiger partial charge is 0.480 e. The van der Waals surface area contributed by atoms with E-state index in [1.165, 1.54) is 0 Å². The molecule has 1 aliphatic rings. The molecular formula is C15H17N3O3S. The topological polar surface area (TPSA) is 64.6 Å². The van der Waals surface area contributed by atoms with Crippen LogP contribution in [0.4, 0.5) is 0 Å². The molecule has 2 aromatic heterocycles. The number of thiophene rings is 1. The van der Waals surface area contributed by atoms with Crippen molar-refractivity contribution < 1.29 is 14.3 Å². The van der Waals surface area contributed by atoms with Crippen molar-refractivity contribution in [3.8, 4) is 11.8 Å². The normalized spacial score (nSPS) is 17.5. The van der Waals surface area contributed by atoms with Gasteiger partial charge in [0.25, 0.3) is 0 Å². The van der Waals surface area contributed by atoms with E-state index in [-0.39, 0.29) is 12.0 Å². The van der Waals surface area contributed by atoms with Crippen molar-refractivity contribution in [2.24, 2.45) is 0 Å². The molecule has 0 spiro atoms. The highest BCUT2D eigenvalue weighted by Gasteiger charge is 2.27. The van der Waals surface area contributed by atoms with Crippen LogP contribution >= 0.6 is 11.3 Å². The van der Waals surface area contributed by atoms with Crippen molar-refractivity contribution in [3.63, 3.8) is 0 Å². The van der Waals surface area contributed by atoms with Gasteiger partial charge in [-0.2, -0.15) is 11.3 Å². The molecule has 0 saturated carbocycles. The lowest BCUT2D eigenvalue weighted by molar-refractivity contribution is -0.129. The third-order valence-corrected chi connectivity index (χ3v) is 4.28. The summed E-state index contributed by atoms with van der Waals surface area (Å²) in [4.78, 5) is 14.1. The fourth-order valence-corrected chi connectivity index (χ4v) is 3.05. The van der Waals surface area contributed by atoms with Gasteiger partial charge in [-0.15, -0.1) is 10.2 Å². The second kappa shape index (κ2) is 6.74. The van der Waals surface area contributed by atoms with E-state index in [0.717, 1.165) is 18.5 Å². The molecule has 7 heteroatoms.